The van der Waals surface area contributed by atoms with Crippen molar-refractivity contribution in [1.82, 2.24) is 0 Å². The van der Waals surface area contributed by atoms with Gasteiger partial charge in [0.05, 0.1) is 17.4 Å². The summed E-state index contributed by atoms with van der Waals surface area (Å²) in [6.45, 7) is 5.51. The number of nitrogen functional groups attached to an aromatic ring is 1. The lowest BCUT2D eigenvalue weighted by atomic mass is 10.1. The summed E-state index contributed by atoms with van der Waals surface area (Å²) in [5.74, 6) is -0.383. The van der Waals surface area contributed by atoms with Crippen molar-refractivity contribution in [3.8, 4) is 0 Å². The highest BCUT2D eigenvalue weighted by Gasteiger charge is 2.15. The van der Waals surface area contributed by atoms with Crippen LogP contribution in [-0.4, -0.2) is 12.1 Å². The van der Waals surface area contributed by atoms with Crippen LogP contribution in [0.15, 0.2) is 16.6 Å². The van der Waals surface area contributed by atoms with E-state index in [9.17, 15) is 4.79 Å². The topological polar surface area (TPSA) is 52.3 Å². The Kier molecular flexibility index (Phi) is 3.74. The molecule has 0 aliphatic heterocycles. The predicted octanol–water partition coefficient (Wildman–Crippen LogP) is 2.90. The molecular formula is C11H14BrNO2. The van der Waals surface area contributed by atoms with Gasteiger partial charge >= 0.3 is 5.97 Å². The number of benzene rings is 1. The van der Waals surface area contributed by atoms with Crippen LogP contribution < -0.4 is 5.73 Å². The van der Waals surface area contributed by atoms with Crippen molar-refractivity contribution in [3.63, 3.8) is 0 Å². The van der Waals surface area contributed by atoms with Gasteiger partial charge < -0.3 is 10.5 Å². The van der Waals surface area contributed by atoms with E-state index in [4.69, 9.17) is 10.5 Å². The molecule has 1 rings (SSSR count). The van der Waals surface area contributed by atoms with Crippen molar-refractivity contribution < 1.29 is 9.53 Å². The van der Waals surface area contributed by atoms with Crippen LogP contribution in [0.2, 0.25) is 0 Å². The Hall–Kier alpha value is -1.03. The van der Waals surface area contributed by atoms with E-state index in [0.717, 1.165) is 10.0 Å². The zero-order valence-corrected chi connectivity index (χ0v) is 10.6. The van der Waals surface area contributed by atoms with E-state index in [-0.39, 0.29) is 12.1 Å². The van der Waals surface area contributed by atoms with Crippen molar-refractivity contribution in [2.45, 2.75) is 26.9 Å². The molecule has 0 bridgehead atoms. The van der Waals surface area contributed by atoms with Crippen molar-refractivity contribution >= 4 is 27.6 Å². The summed E-state index contributed by atoms with van der Waals surface area (Å²) >= 11 is 3.30. The van der Waals surface area contributed by atoms with Gasteiger partial charge in [0, 0.05) is 4.47 Å². The van der Waals surface area contributed by atoms with Crippen molar-refractivity contribution in [2.75, 3.05) is 5.73 Å². The average molecular weight is 272 g/mol. The van der Waals surface area contributed by atoms with Crippen molar-refractivity contribution in [3.05, 3.63) is 27.7 Å². The van der Waals surface area contributed by atoms with Crippen LogP contribution in [-0.2, 0) is 4.74 Å². The highest BCUT2D eigenvalue weighted by Crippen LogP contribution is 2.26. The van der Waals surface area contributed by atoms with Gasteiger partial charge in [-0.1, -0.05) is 0 Å². The van der Waals surface area contributed by atoms with Crippen LogP contribution in [0, 0.1) is 6.92 Å². The van der Waals surface area contributed by atoms with Crippen LogP contribution in [0.5, 0.6) is 0 Å². The van der Waals surface area contributed by atoms with Gasteiger partial charge in [0.25, 0.3) is 0 Å². The first-order valence-corrected chi connectivity index (χ1v) is 5.47. The molecule has 3 nitrogen and oxygen atoms in total. The fraction of sp³-hybridized carbons (Fsp3) is 0.364. The monoisotopic (exact) mass is 271 g/mol. The number of aryl methyl sites for hydroxylation is 1. The van der Waals surface area contributed by atoms with E-state index >= 15 is 0 Å². The number of nitrogens with two attached hydrogens (primary N) is 1. The van der Waals surface area contributed by atoms with Gasteiger partial charge in [-0.25, -0.2) is 4.79 Å². The summed E-state index contributed by atoms with van der Waals surface area (Å²) in [7, 11) is 0. The number of esters is 1. The molecule has 0 aliphatic carbocycles. The second-order valence-electron chi connectivity index (χ2n) is 3.66. The molecule has 1 aromatic rings. The normalized spacial score (nSPS) is 10.5. The van der Waals surface area contributed by atoms with Gasteiger partial charge in [-0.3, -0.25) is 0 Å². The lowest BCUT2D eigenvalue weighted by Gasteiger charge is -2.11. The molecule has 0 aromatic heterocycles. The minimum Gasteiger partial charge on any atom is -0.459 e. The Balaban J connectivity index is 3.08. The van der Waals surface area contributed by atoms with Crippen LogP contribution in [0.4, 0.5) is 5.69 Å². The standard InChI is InChI=1S/C11H14BrNO2/c1-6(2)15-11(14)8-4-7(3)5-9(12)10(8)13/h4-6H,13H2,1-3H3. The average Bonchev–Trinajstić information content (AvgIpc) is 2.09. The second kappa shape index (κ2) is 4.66. The van der Waals surface area contributed by atoms with E-state index in [1.807, 2.05) is 13.0 Å². The third kappa shape index (κ3) is 2.96. The number of halogens is 1. The van der Waals surface area contributed by atoms with Crippen molar-refractivity contribution in [1.29, 1.82) is 0 Å². The minimum atomic E-state index is -0.383. The Morgan fingerprint density at radius 2 is 2.07 bits per heavy atom. The first-order chi connectivity index (χ1) is 6.91. The molecule has 0 unspecified atom stereocenters. The molecule has 2 N–H and O–H groups in total. The summed E-state index contributed by atoms with van der Waals surface area (Å²) < 4.78 is 5.81. The number of hydrogen-bond donors (Lipinski definition) is 1. The number of anilines is 1. The van der Waals surface area contributed by atoms with Gasteiger partial charge in [0.15, 0.2) is 0 Å². The van der Waals surface area contributed by atoms with Crippen LogP contribution in [0.25, 0.3) is 0 Å². The smallest absolute Gasteiger partial charge is 0.340 e. The fourth-order valence-electron chi connectivity index (χ4n) is 1.20. The van der Waals surface area contributed by atoms with Crippen molar-refractivity contribution in [2.24, 2.45) is 0 Å². The highest BCUT2D eigenvalue weighted by atomic mass is 79.9. The molecule has 0 aliphatic rings. The SMILES string of the molecule is Cc1cc(Br)c(N)c(C(=O)OC(C)C)c1. The largest absolute Gasteiger partial charge is 0.459 e. The fourth-order valence-corrected chi connectivity index (χ4v) is 1.77. The van der Waals surface area contributed by atoms with E-state index in [1.54, 1.807) is 19.9 Å². The van der Waals surface area contributed by atoms with E-state index in [1.165, 1.54) is 0 Å². The molecule has 82 valence electrons. The van der Waals surface area contributed by atoms with Gasteiger partial charge in [-0.2, -0.15) is 0 Å². The van der Waals surface area contributed by atoms with E-state index in [0.29, 0.717) is 11.3 Å². The molecule has 4 heteroatoms. The number of carbonyl (C=O) groups excluding carboxylic acids is 1. The van der Waals surface area contributed by atoms with Crippen LogP contribution >= 0.6 is 15.9 Å². The molecule has 1 aromatic carbocycles. The maximum absolute atomic E-state index is 11.7. The molecule has 0 radical (unpaired) electrons. The maximum Gasteiger partial charge on any atom is 0.340 e. The molecule has 15 heavy (non-hydrogen) atoms. The summed E-state index contributed by atoms with van der Waals surface area (Å²) in [5, 5.41) is 0. The number of carbonyl (C=O) groups is 1. The van der Waals surface area contributed by atoms with Gasteiger partial charge in [-0.15, -0.1) is 0 Å². The summed E-state index contributed by atoms with van der Waals surface area (Å²) in [5.41, 5.74) is 7.58. The Labute approximate surface area is 97.7 Å². The lowest BCUT2D eigenvalue weighted by molar-refractivity contribution is 0.0379. The van der Waals surface area contributed by atoms with Gasteiger partial charge in [-0.05, 0) is 54.4 Å². The Bertz CT molecular complexity index is 388. The predicted molar refractivity (Wildman–Crippen MR) is 63.8 cm³/mol. The Morgan fingerprint density at radius 3 is 2.60 bits per heavy atom. The molecular weight excluding hydrogens is 258 g/mol. The van der Waals surface area contributed by atoms with E-state index in [2.05, 4.69) is 15.9 Å². The highest BCUT2D eigenvalue weighted by molar-refractivity contribution is 9.10. The van der Waals surface area contributed by atoms with Crippen LogP contribution in [0.1, 0.15) is 29.8 Å². The van der Waals surface area contributed by atoms with Gasteiger partial charge in [0.2, 0.25) is 0 Å². The first-order valence-electron chi connectivity index (χ1n) is 4.68. The summed E-state index contributed by atoms with van der Waals surface area (Å²) in [4.78, 5) is 11.7. The van der Waals surface area contributed by atoms with Gasteiger partial charge in [0.1, 0.15) is 0 Å². The molecule has 0 saturated heterocycles. The quantitative estimate of drug-likeness (QED) is 0.665. The maximum atomic E-state index is 11.7. The van der Waals surface area contributed by atoms with Crippen LogP contribution in [0.3, 0.4) is 0 Å². The number of hydrogen-bond acceptors (Lipinski definition) is 3. The zero-order valence-electron chi connectivity index (χ0n) is 9.00. The summed E-state index contributed by atoms with van der Waals surface area (Å²) in [6, 6.07) is 3.59. The summed E-state index contributed by atoms with van der Waals surface area (Å²) in [6.07, 6.45) is -0.142. The molecule has 0 atom stereocenters. The molecule has 0 saturated carbocycles. The molecule has 0 spiro atoms. The lowest BCUT2D eigenvalue weighted by Crippen LogP contribution is -2.13. The molecule has 0 heterocycles. The Morgan fingerprint density at radius 1 is 1.47 bits per heavy atom. The third-order valence-electron chi connectivity index (χ3n) is 1.84. The molecule has 0 amide bonds. The van der Waals surface area contributed by atoms with E-state index < -0.39 is 0 Å². The molecule has 0 fully saturated rings. The number of ether oxygens (including phenoxy) is 1. The number of rotatable bonds is 2. The second-order valence-corrected chi connectivity index (χ2v) is 4.52. The third-order valence-corrected chi connectivity index (χ3v) is 2.49. The minimum absolute atomic E-state index is 0.142. The zero-order chi connectivity index (χ0) is 11.6. The first kappa shape index (κ1) is 12.0.